The molecule has 0 radical (unpaired) electrons. The van der Waals surface area contributed by atoms with E-state index in [0.29, 0.717) is 49.4 Å². The second-order valence-corrected chi connectivity index (χ2v) is 9.28. The van der Waals surface area contributed by atoms with E-state index in [1.165, 1.54) is 11.1 Å². The van der Waals surface area contributed by atoms with Crippen LogP contribution in [0.1, 0.15) is 42.3 Å². The molecule has 37 heavy (non-hydrogen) atoms. The molecule has 0 unspecified atom stereocenters. The lowest BCUT2D eigenvalue weighted by Crippen LogP contribution is -2.37. The molecule has 1 fully saturated rings. The van der Waals surface area contributed by atoms with Crippen molar-refractivity contribution in [3.8, 4) is 0 Å². The van der Waals surface area contributed by atoms with Gasteiger partial charge in [0.2, 0.25) is 0 Å². The van der Waals surface area contributed by atoms with Crippen LogP contribution in [0.3, 0.4) is 0 Å². The van der Waals surface area contributed by atoms with Gasteiger partial charge in [0, 0.05) is 31.3 Å². The number of carbonyl (C=O) groups is 1. The maximum absolute atomic E-state index is 12.3. The molecule has 0 bridgehead atoms. The number of ether oxygens (including phenoxy) is 2. The summed E-state index contributed by atoms with van der Waals surface area (Å²) < 4.78 is 10.9. The van der Waals surface area contributed by atoms with Crippen LogP contribution in [0.2, 0.25) is 0 Å². The average molecular weight is 503 g/mol. The van der Waals surface area contributed by atoms with Crippen LogP contribution in [0.15, 0.2) is 64.8 Å². The van der Waals surface area contributed by atoms with E-state index in [0.717, 1.165) is 24.5 Å². The number of anilines is 2. The van der Waals surface area contributed by atoms with Crippen molar-refractivity contribution in [2.75, 3.05) is 43.1 Å². The molecule has 1 aromatic heterocycles. The van der Waals surface area contributed by atoms with E-state index in [1.807, 2.05) is 42.5 Å². The summed E-state index contributed by atoms with van der Waals surface area (Å²) in [6, 6.07) is 17.8. The minimum absolute atomic E-state index is 0.141. The lowest BCUT2D eigenvalue weighted by Gasteiger charge is -2.28. The lowest BCUT2D eigenvalue weighted by atomic mass is 10.0. The monoisotopic (exact) mass is 502 g/mol. The predicted molar refractivity (Wildman–Crippen MR) is 144 cm³/mol. The van der Waals surface area contributed by atoms with E-state index in [1.54, 1.807) is 0 Å². The van der Waals surface area contributed by atoms with Crippen LogP contribution >= 0.6 is 0 Å². The fraction of sp³-hybridized carbons (Fsp3) is 0.393. The molecule has 0 saturated carbocycles. The number of azo groups is 1. The molecule has 9 heteroatoms. The summed E-state index contributed by atoms with van der Waals surface area (Å²) >= 11 is 0. The van der Waals surface area contributed by atoms with Crippen LogP contribution in [0, 0.1) is 6.92 Å². The van der Waals surface area contributed by atoms with Crippen molar-refractivity contribution in [3.63, 3.8) is 0 Å². The van der Waals surface area contributed by atoms with Gasteiger partial charge in [0.15, 0.2) is 5.82 Å². The maximum Gasteiger partial charge on any atom is 0.411 e. The Labute approximate surface area is 218 Å². The quantitative estimate of drug-likeness (QED) is 0.370. The Morgan fingerprint density at radius 2 is 1.89 bits per heavy atom. The highest BCUT2D eigenvalue weighted by molar-refractivity contribution is 5.84. The van der Waals surface area contributed by atoms with Crippen LogP contribution in [0.25, 0.3) is 0 Å². The van der Waals surface area contributed by atoms with Gasteiger partial charge in [0.1, 0.15) is 18.2 Å². The topological polar surface area (TPSA) is 101 Å². The number of carbonyl (C=O) groups excluding carboxylic acids is 1. The zero-order valence-corrected chi connectivity index (χ0v) is 21.7. The van der Waals surface area contributed by atoms with Crippen LogP contribution in [-0.4, -0.2) is 49.0 Å². The first-order chi connectivity index (χ1) is 18.0. The molecule has 2 heterocycles. The SMILES string of the molecule is Cc1cccc(CN=Nc2cc(N3CCOCC3)nc(CCOC(=O)Nc3ccc(C(C)C)cc3)n2)c1. The molecule has 0 spiro atoms. The molecular weight excluding hydrogens is 468 g/mol. The van der Waals surface area contributed by atoms with Gasteiger partial charge in [-0.1, -0.05) is 55.8 Å². The van der Waals surface area contributed by atoms with E-state index in [2.05, 4.69) is 63.3 Å². The molecule has 1 aliphatic rings. The summed E-state index contributed by atoms with van der Waals surface area (Å²) in [5.41, 5.74) is 4.17. The maximum atomic E-state index is 12.3. The number of rotatable bonds is 9. The van der Waals surface area contributed by atoms with Crippen molar-refractivity contribution >= 4 is 23.4 Å². The fourth-order valence-electron chi connectivity index (χ4n) is 3.93. The van der Waals surface area contributed by atoms with Gasteiger partial charge in [-0.3, -0.25) is 5.32 Å². The summed E-state index contributed by atoms with van der Waals surface area (Å²) in [6.07, 6.45) is -0.155. The first kappa shape index (κ1) is 26.2. The number of nitrogens with one attached hydrogen (secondary N) is 1. The number of benzene rings is 2. The third-order valence-corrected chi connectivity index (χ3v) is 5.97. The van der Waals surface area contributed by atoms with Gasteiger partial charge in [-0.25, -0.2) is 14.8 Å². The Hall–Kier alpha value is -3.85. The number of amides is 1. The molecule has 194 valence electrons. The number of nitrogens with zero attached hydrogens (tertiary/aromatic N) is 5. The Kier molecular flexibility index (Phi) is 9.15. The van der Waals surface area contributed by atoms with Crippen LogP contribution < -0.4 is 10.2 Å². The van der Waals surface area contributed by atoms with Crippen molar-refractivity contribution in [3.05, 3.63) is 77.1 Å². The van der Waals surface area contributed by atoms with Gasteiger partial charge in [0.25, 0.3) is 0 Å². The normalized spacial score (nSPS) is 13.8. The molecule has 1 N–H and O–H groups in total. The van der Waals surface area contributed by atoms with Crippen molar-refractivity contribution in [2.24, 2.45) is 10.2 Å². The third kappa shape index (κ3) is 8.08. The second-order valence-electron chi connectivity index (χ2n) is 9.28. The highest BCUT2D eigenvalue weighted by Gasteiger charge is 2.15. The first-order valence-electron chi connectivity index (χ1n) is 12.6. The van der Waals surface area contributed by atoms with E-state index in [9.17, 15) is 4.79 Å². The smallest absolute Gasteiger partial charge is 0.411 e. The number of aryl methyl sites for hydroxylation is 1. The molecule has 0 atom stereocenters. The van der Waals surface area contributed by atoms with Crippen LogP contribution in [0.5, 0.6) is 0 Å². The minimum atomic E-state index is -0.514. The summed E-state index contributed by atoms with van der Waals surface area (Å²) in [7, 11) is 0. The van der Waals surface area contributed by atoms with Gasteiger partial charge >= 0.3 is 6.09 Å². The molecular formula is C28H34N6O3. The Morgan fingerprint density at radius 3 is 2.62 bits per heavy atom. The first-order valence-corrected chi connectivity index (χ1v) is 12.6. The fourth-order valence-corrected chi connectivity index (χ4v) is 3.93. The highest BCUT2D eigenvalue weighted by atomic mass is 16.5. The number of hydrogen-bond donors (Lipinski definition) is 1. The molecule has 1 aliphatic heterocycles. The molecule has 9 nitrogen and oxygen atoms in total. The second kappa shape index (κ2) is 12.9. The summed E-state index contributed by atoms with van der Waals surface area (Å²) in [6.45, 7) is 9.69. The van der Waals surface area contributed by atoms with Crippen LogP contribution in [0.4, 0.5) is 22.1 Å². The molecule has 3 aromatic rings. The summed E-state index contributed by atoms with van der Waals surface area (Å²) in [5, 5.41) is 11.5. The van der Waals surface area contributed by atoms with E-state index in [4.69, 9.17) is 9.47 Å². The largest absolute Gasteiger partial charge is 0.449 e. The van der Waals surface area contributed by atoms with Crippen molar-refractivity contribution in [1.29, 1.82) is 0 Å². The molecule has 1 amide bonds. The Morgan fingerprint density at radius 1 is 1.11 bits per heavy atom. The standard InChI is InChI=1S/C28H34N6O3/c1-20(2)23-7-9-24(10-8-23)30-28(35)37-14-11-25-31-26(18-27(32-25)34-12-15-36-16-13-34)33-29-19-22-6-4-5-21(3)17-22/h4-10,17-18,20H,11-16,19H2,1-3H3,(H,30,35). The van der Waals surface area contributed by atoms with Crippen molar-refractivity contribution < 1.29 is 14.3 Å². The number of aromatic nitrogens is 2. The average Bonchev–Trinajstić information content (AvgIpc) is 2.89. The van der Waals surface area contributed by atoms with Gasteiger partial charge in [0.05, 0.1) is 19.8 Å². The van der Waals surface area contributed by atoms with Gasteiger partial charge < -0.3 is 14.4 Å². The minimum Gasteiger partial charge on any atom is -0.449 e. The predicted octanol–water partition coefficient (Wildman–Crippen LogP) is 5.82. The third-order valence-electron chi connectivity index (χ3n) is 5.97. The lowest BCUT2D eigenvalue weighted by molar-refractivity contribution is 0.122. The van der Waals surface area contributed by atoms with Gasteiger partial charge in [-0.05, 0) is 36.1 Å². The summed E-state index contributed by atoms with van der Waals surface area (Å²) in [4.78, 5) is 23.6. The van der Waals surface area contributed by atoms with E-state index < -0.39 is 6.09 Å². The van der Waals surface area contributed by atoms with E-state index >= 15 is 0 Å². The zero-order chi connectivity index (χ0) is 26.0. The Bertz CT molecular complexity index is 1210. The molecule has 0 aliphatic carbocycles. The van der Waals surface area contributed by atoms with Gasteiger partial charge in [-0.15, -0.1) is 5.11 Å². The van der Waals surface area contributed by atoms with E-state index in [-0.39, 0.29) is 6.61 Å². The summed E-state index contributed by atoms with van der Waals surface area (Å²) in [5.74, 6) is 2.23. The van der Waals surface area contributed by atoms with Crippen molar-refractivity contribution in [2.45, 2.75) is 39.7 Å². The zero-order valence-electron chi connectivity index (χ0n) is 21.7. The van der Waals surface area contributed by atoms with Crippen LogP contribution in [-0.2, 0) is 22.4 Å². The number of morpholine rings is 1. The van der Waals surface area contributed by atoms with Crippen molar-refractivity contribution in [1.82, 2.24) is 9.97 Å². The highest BCUT2D eigenvalue weighted by Crippen LogP contribution is 2.21. The van der Waals surface area contributed by atoms with Gasteiger partial charge in [-0.2, -0.15) is 5.11 Å². The molecule has 1 saturated heterocycles. The molecule has 2 aromatic carbocycles. The number of hydrogen-bond acceptors (Lipinski definition) is 8. The molecule has 4 rings (SSSR count). The Balaban J connectivity index is 1.38.